The average Bonchev–Trinajstić information content (AvgIpc) is 2.93. The number of benzene rings is 1. The molecule has 0 bridgehead atoms. The highest BCUT2D eigenvalue weighted by Crippen LogP contribution is 2.14. The quantitative estimate of drug-likeness (QED) is 0.758. The van der Waals surface area contributed by atoms with Crippen LogP contribution in [0.2, 0.25) is 0 Å². The summed E-state index contributed by atoms with van der Waals surface area (Å²) in [6, 6.07) is 7.15. The predicted molar refractivity (Wildman–Crippen MR) is 88.0 cm³/mol. The lowest BCUT2D eigenvalue weighted by molar-refractivity contribution is -0.137. The topological polar surface area (TPSA) is 101 Å². The monoisotopic (exact) mass is 329 g/mol. The Morgan fingerprint density at radius 1 is 1.17 bits per heavy atom. The number of ketones is 1. The lowest BCUT2D eigenvalue weighted by Gasteiger charge is -2.06. The molecule has 7 nitrogen and oxygen atoms in total. The molecule has 0 aliphatic rings. The van der Waals surface area contributed by atoms with Gasteiger partial charge < -0.3 is 10.4 Å². The van der Waals surface area contributed by atoms with Crippen LogP contribution in [0.3, 0.4) is 0 Å². The van der Waals surface area contributed by atoms with Gasteiger partial charge in [-0.2, -0.15) is 5.10 Å². The van der Waals surface area contributed by atoms with Gasteiger partial charge in [0.15, 0.2) is 11.6 Å². The van der Waals surface area contributed by atoms with Crippen LogP contribution in [-0.2, 0) is 16.1 Å². The summed E-state index contributed by atoms with van der Waals surface area (Å²) in [5.41, 5.74) is 2.52. The van der Waals surface area contributed by atoms with Gasteiger partial charge in [0.25, 0.3) is 0 Å². The molecule has 0 saturated heterocycles. The van der Waals surface area contributed by atoms with Gasteiger partial charge >= 0.3 is 5.97 Å². The normalized spacial score (nSPS) is 10.4. The van der Waals surface area contributed by atoms with Crippen molar-refractivity contribution < 1.29 is 19.5 Å². The molecule has 0 unspecified atom stereocenters. The number of carbonyl (C=O) groups excluding carboxylic acids is 2. The van der Waals surface area contributed by atoms with Gasteiger partial charge in [-0.25, -0.2) is 0 Å². The number of rotatable bonds is 7. The summed E-state index contributed by atoms with van der Waals surface area (Å²) >= 11 is 0. The van der Waals surface area contributed by atoms with Crippen molar-refractivity contribution in [2.24, 2.45) is 0 Å². The van der Waals surface area contributed by atoms with E-state index in [1.807, 2.05) is 32.0 Å². The molecule has 1 aromatic carbocycles. The molecule has 1 aromatic heterocycles. The Hall–Kier alpha value is -2.96. The summed E-state index contributed by atoms with van der Waals surface area (Å²) < 4.78 is 1.21. The van der Waals surface area contributed by atoms with Gasteiger partial charge in [-0.1, -0.05) is 17.7 Å². The standard InChI is InChI=1S/C17H19N3O4/c1-11-3-4-12(2)13(9-11)14(21)5-6-16(22)18-15-7-8-20(19-15)10-17(23)24/h3-4,7-9H,5-6,10H2,1-2H3,(H,23,24)(H,18,19,22). The highest BCUT2D eigenvalue weighted by molar-refractivity contribution is 6.00. The highest BCUT2D eigenvalue weighted by atomic mass is 16.4. The number of aromatic nitrogens is 2. The molecule has 24 heavy (non-hydrogen) atoms. The number of carboxylic acids is 1. The van der Waals surface area contributed by atoms with E-state index in [1.165, 1.54) is 16.9 Å². The van der Waals surface area contributed by atoms with Crippen LogP contribution in [0.15, 0.2) is 30.5 Å². The number of carboxylic acid groups (broad SMARTS) is 1. The molecule has 0 saturated carbocycles. The minimum atomic E-state index is -1.02. The molecular weight excluding hydrogens is 310 g/mol. The van der Waals surface area contributed by atoms with Crippen molar-refractivity contribution in [3.05, 3.63) is 47.2 Å². The smallest absolute Gasteiger partial charge is 0.325 e. The Bertz CT molecular complexity index is 780. The molecule has 2 rings (SSSR count). The van der Waals surface area contributed by atoms with E-state index >= 15 is 0 Å². The van der Waals surface area contributed by atoms with E-state index in [0.29, 0.717) is 5.56 Å². The first-order valence-electron chi connectivity index (χ1n) is 7.50. The summed E-state index contributed by atoms with van der Waals surface area (Å²) in [6.07, 6.45) is 1.61. The Kier molecular flexibility index (Phi) is 5.47. The van der Waals surface area contributed by atoms with Gasteiger partial charge in [0.05, 0.1) is 0 Å². The van der Waals surface area contributed by atoms with E-state index in [4.69, 9.17) is 5.11 Å². The molecule has 2 aromatic rings. The van der Waals surface area contributed by atoms with Crippen LogP contribution in [-0.4, -0.2) is 32.5 Å². The lowest BCUT2D eigenvalue weighted by atomic mass is 9.99. The fourth-order valence-electron chi connectivity index (χ4n) is 2.26. The summed E-state index contributed by atoms with van der Waals surface area (Å²) in [4.78, 5) is 34.7. The van der Waals surface area contributed by atoms with Crippen LogP contribution in [0.25, 0.3) is 0 Å². The van der Waals surface area contributed by atoms with E-state index < -0.39 is 5.97 Å². The number of aryl methyl sites for hydroxylation is 2. The Balaban J connectivity index is 1.88. The van der Waals surface area contributed by atoms with Crippen LogP contribution < -0.4 is 5.32 Å². The number of anilines is 1. The Morgan fingerprint density at radius 3 is 2.62 bits per heavy atom. The number of nitrogens with zero attached hydrogens (tertiary/aromatic N) is 2. The van der Waals surface area contributed by atoms with Crippen LogP contribution in [0, 0.1) is 13.8 Å². The number of hydrogen-bond acceptors (Lipinski definition) is 4. The van der Waals surface area contributed by atoms with Crippen molar-refractivity contribution >= 4 is 23.5 Å². The van der Waals surface area contributed by atoms with Crippen molar-refractivity contribution in [3.63, 3.8) is 0 Å². The molecule has 126 valence electrons. The van der Waals surface area contributed by atoms with Gasteiger partial charge in [0, 0.05) is 30.7 Å². The van der Waals surface area contributed by atoms with Gasteiger partial charge in [-0.05, 0) is 25.5 Å². The molecule has 1 heterocycles. The van der Waals surface area contributed by atoms with Crippen molar-refractivity contribution in [2.45, 2.75) is 33.2 Å². The summed E-state index contributed by atoms with van der Waals surface area (Å²) in [5, 5.41) is 15.1. The molecule has 0 fully saturated rings. The SMILES string of the molecule is Cc1ccc(C)c(C(=O)CCC(=O)Nc2ccn(CC(=O)O)n2)c1. The van der Waals surface area contributed by atoms with Crippen LogP contribution in [0.4, 0.5) is 5.82 Å². The van der Waals surface area contributed by atoms with E-state index in [2.05, 4.69) is 10.4 Å². The van der Waals surface area contributed by atoms with Crippen LogP contribution >= 0.6 is 0 Å². The van der Waals surface area contributed by atoms with Gasteiger partial charge in [-0.3, -0.25) is 19.1 Å². The Morgan fingerprint density at radius 2 is 1.92 bits per heavy atom. The third-order valence-corrected chi connectivity index (χ3v) is 3.48. The molecule has 0 atom stereocenters. The van der Waals surface area contributed by atoms with E-state index in [1.54, 1.807) is 0 Å². The zero-order valence-corrected chi connectivity index (χ0v) is 13.6. The number of carbonyl (C=O) groups is 3. The second kappa shape index (κ2) is 7.54. The second-order valence-corrected chi connectivity index (χ2v) is 5.58. The van der Waals surface area contributed by atoms with Crippen molar-refractivity contribution in [1.82, 2.24) is 9.78 Å². The van der Waals surface area contributed by atoms with Crippen molar-refractivity contribution in [2.75, 3.05) is 5.32 Å². The number of nitrogens with one attached hydrogen (secondary N) is 1. The third kappa shape index (κ3) is 4.77. The van der Waals surface area contributed by atoms with Crippen molar-refractivity contribution in [3.8, 4) is 0 Å². The molecule has 7 heteroatoms. The van der Waals surface area contributed by atoms with Crippen LogP contribution in [0.5, 0.6) is 0 Å². The number of aliphatic carboxylic acids is 1. The third-order valence-electron chi connectivity index (χ3n) is 3.48. The highest BCUT2D eigenvalue weighted by Gasteiger charge is 2.13. The zero-order valence-electron chi connectivity index (χ0n) is 13.6. The number of Topliss-reactive ketones (excluding diaryl/α,β-unsaturated/α-hetero) is 1. The van der Waals surface area contributed by atoms with E-state index in [-0.39, 0.29) is 36.9 Å². The first kappa shape index (κ1) is 17.4. The molecule has 0 aliphatic carbocycles. The summed E-state index contributed by atoms with van der Waals surface area (Å²) in [6.45, 7) is 3.50. The molecule has 2 N–H and O–H groups in total. The van der Waals surface area contributed by atoms with Gasteiger partial charge in [0.1, 0.15) is 6.54 Å². The minimum Gasteiger partial charge on any atom is -0.480 e. The van der Waals surface area contributed by atoms with E-state index in [0.717, 1.165) is 11.1 Å². The summed E-state index contributed by atoms with van der Waals surface area (Å²) in [7, 11) is 0. The second-order valence-electron chi connectivity index (χ2n) is 5.58. The lowest BCUT2D eigenvalue weighted by Crippen LogP contribution is -2.15. The zero-order chi connectivity index (χ0) is 17.7. The van der Waals surface area contributed by atoms with Gasteiger partial charge in [0.2, 0.25) is 5.91 Å². The fourth-order valence-corrected chi connectivity index (χ4v) is 2.26. The maximum atomic E-state index is 12.2. The number of amides is 1. The number of hydrogen-bond donors (Lipinski definition) is 2. The first-order valence-corrected chi connectivity index (χ1v) is 7.50. The largest absolute Gasteiger partial charge is 0.480 e. The maximum Gasteiger partial charge on any atom is 0.325 e. The average molecular weight is 329 g/mol. The Labute approximate surface area is 139 Å². The first-order chi connectivity index (χ1) is 11.3. The predicted octanol–water partition coefficient (Wildman–Crippen LogP) is 2.19. The maximum absolute atomic E-state index is 12.2. The molecule has 0 aliphatic heterocycles. The molecule has 0 radical (unpaired) electrons. The van der Waals surface area contributed by atoms with Gasteiger partial charge in [-0.15, -0.1) is 0 Å². The van der Waals surface area contributed by atoms with Crippen molar-refractivity contribution in [1.29, 1.82) is 0 Å². The summed E-state index contributed by atoms with van der Waals surface area (Å²) in [5.74, 6) is -1.17. The van der Waals surface area contributed by atoms with Crippen LogP contribution in [0.1, 0.15) is 34.3 Å². The minimum absolute atomic E-state index is 0.0397. The molecule has 1 amide bonds. The fraction of sp³-hybridized carbons (Fsp3) is 0.294. The molecular formula is C17H19N3O4. The van der Waals surface area contributed by atoms with E-state index in [9.17, 15) is 14.4 Å². The molecule has 0 spiro atoms.